The zero-order chi connectivity index (χ0) is 29.3. The molecular weight excluding hydrogens is 580 g/mol. The number of ether oxygens (including phenoxy) is 1. The second-order valence-corrected chi connectivity index (χ2v) is 12.4. The summed E-state index contributed by atoms with van der Waals surface area (Å²) in [4.78, 5) is 44.9. The Morgan fingerprint density at radius 2 is 1.83 bits per heavy atom. The zero-order valence-corrected chi connectivity index (χ0v) is 24.3. The molecule has 2 saturated heterocycles. The van der Waals surface area contributed by atoms with E-state index in [0.29, 0.717) is 53.0 Å². The van der Waals surface area contributed by atoms with Crippen LogP contribution >= 0.6 is 23.2 Å². The van der Waals surface area contributed by atoms with Gasteiger partial charge in [-0.3, -0.25) is 14.5 Å². The molecule has 0 bridgehead atoms. The van der Waals surface area contributed by atoms with Crippen molar-refractivity contribution in [2.24, 2.45) is 11.8 Å². The smallest absolute Gasteiger partial charge is 0.337 e. The van der Waals surface area contributed by atoms with E-state index in [1.807, 2.05) is 6.07 Å². The van der Waals surface area contributed by atoms with Crippen molar-refractivity contribution < 1.29 is 23.5 Å². The Kier molecular flexibility index (Phi) is 6.57. The van der Waals surface area contributed by atoms with Gasteiger partial charge < -0.3 is 15.0 Å². The number of carbonyl (C=O) groups excluding carboxylic acids is 3. The van der Waals surface area contributed by atoms with Gasteiger partial charge in [-0.15, -0.1) is 0 Å². The minimum Gasteiger partial charge on any atom is -0.465 e. The van der Waals surface area contributed by atoms with Crippen molar-refractivity contribution in [2.75, 3.05) is 30.4 Å². The molecule has 3 aromatic rings. The minimum absolute atomic E-state index is 0.0620. The van der Waals surface area contributed by atoms with E-state index in [9.17, 15) is 14.4 Å². The summed E-state index contributed by atoms with van der Waals surface area (Å²) in [6, 6.07) is 16.4. The number of rotatable bonds is 5. The molecule has 7 nitrogen and oxygen atoms in total. The molecule has 0 aromatic heterocycles. The first kappa shape index (κ1) is 27.4. The van der Waals surface area contributed by atoms with Crippen molar-refractivity contribution in [3.05, 3.63) is 93.2 Å². The van der Waals surface area contributed by atoms with Crippen molar-refractivity contribution in [3.8, 4) is 0 Å². The molecule has 3 fully saturated rings. The minimum atomic E-state index is -1.33. The first-order chi connectivity index (χ1) is 20.2. The van der Waals surface area contributed by atoms with Crippen molar-refractivity contribution >= 4 is 52.4 Å². The van der Waals surface area contributed by atoms with E-state index in [0.717, 1.165) is 12.8 Å². The summed E-state index contributed by atoms with van der Waals surface area (Å²) in [5.41, 5.74) is 1.17. The Bertz CT molecular complexity index is 1630. The molecule has 3 aliphatic heterocycles. The van der Waals surface area contributed by atoms with Crippen LogP contribution in [0.4, 0.5) is 15.8 Å². The number of carbonyl (C=O) groups is 3. The number of hydrogen-bond acceptors (Lipinski definition) is 5. The van der Waals surface area contributed by atoms with Gasteiger partial charge in [0.15, 0.2) is 0 Å². The van der Waals surface area contributed by atoms with Crippen LogP contribution in [-0.4, -0.2) is 48.9 Å². The standard InChI is InChI=1S/C32H28Cl2FN3O4/c1-42-30(40)18-7-10-20(11-8-18)37-14-13-25-26(29(37)39)27(21-3-2-4-23(34)28(21)35)32(38(25)16-17-5-6-17)22-12-9-19(33)15-24(22)36-31(32)41/h2-4,7-12,15,17,25-27H,5-6,13-14,16H2,1H3,(H,36,41)/t25-,26+,27-,32+/m1/s1. The monoisotopic (exact) mass is 607 g/mol. The second kappa shape index (κ2) is 10.1. The number of esters is 1. The van der Waals surface area contributed by atoms with Crippen LogP contribution in [0.1, 0.15) is 46.7 Å². The van der Waals surface area contributed by atoms with Gasteiger partial charge in [-0.05, 0) is 73.2 Å². The average molecular weight is 608 g/mol. The van der Waals surface area contributed by atoms with Crippen molar-refractivity contribution in [1.29, 1.82) is 0 Å². The fourth-order valence-corrected chi connectivity index (χ4v) is 7.74. The van der Waals surface area contributed by atoms with E-state index < -0.39 is 29.2 Å². The number of piperidine rings is 1. The summed E-state index contributed by atoms with van der Waals surface area (Å²) >= 11 is 12.7. The third kappa shape index (κ3) is 3.99. The van der Waals surface area contributed by atoms with E-state index in [2.05, 4.69) is 10.2 Å². The summed E-state index contributed by atoms with van der Waals surface area (Å²) in [6.07, 6.45) is 2.67. The third-order valence-electron chi connectivity index (χ3n) is 9.33. The number of hydrogen-bond donors (Lipinski definition) is 1. The molecule has 7 rings (SSSR count). The van der Waals surface area contributed by atoms with Gasteiger partial charge in [-0.25, -0.2) is 9.18 Å². The van der Waals surface area contributed by atoms with Crippen LogP contribution in [0.3, 0.4) is 0 Å². The van der Waals surface area contributed by atoms with Crippen molar-refractivity contribution in [2.45, 2.75) is 36.8 Å². The Labute approximate surface area is 252 Å². The second-order valence-electron chi connectivity index (χ2n) is 11.5. The molecule has 3 heterocycles. The Balaban J connectivity index is 1.41. The maximum absolute atomic E-state index is 16.0. The SMILES string of the molecule is COC(=O)c1ccc(N2CC[C@@H]3[C@H](C2=O)[C@@H](c2cccc(Cl)c2F)[C@@]2(C(=O)Nc4cc(Cl)ccc42)N3CC2CC2)cc1. The molecular formula is C32H28Cl2FN3O4. The number of nitrogens with one attached hydrogen (secondary N) is 1. The Hall–Kier alpha value is -3.46. The summed E-state index contributed by atoms with van der Waals surface area (Å²) in [6.45, 7) is 1.03. The van der Waals surface area contributed by atoms with Gasteiger partial charge in [-0.2, -0.15) is 0 Å². The molecule has 42 heavy (non-hydrogen) atoms. The highest BCUT2D eigenvalue weighted by Gasteiger charge is 2.70. The van der Waals surface area contributed by atoms with E-state index in [-0.39, 0.29) is 28.4 Å². The normalized spacial score (nSPS) is 26.8. The topological polar surface area (TPSA) is 78.9 Å². The highest BCUT2D eigenvalue weighted by Crippen LogP contribution is 2.62. The van der Waals surface area contributed by atoms with Gasteiger partial charge in [0.1, 0.15) is 11.4 Å². The number of anilines is 2. The Morgan fingerprint density at radius 3 is 2.55 bits per heavy atom. The molecule has 1 saturated carbocycles. The highest BCUT2D eigenvalue weighted by molar-refractivity contribution is 6.31. The number of nitrogens with zero attached hydrogens (tertiary/aromatic N) is 2. The van der Waals surface area contributed by atoms with Crippen LogP contribution < -0.4 is 10.2 Å². The van der Waals surface area contributed by atoms with Crippen LogP contribution in [-0.2, 0) is 19.9 Å². The van der Waals surface area contributed by atoms with Crippen molar-refractivity contribution in [1.82, 2.24) is 4.90 Å². The zero-order valence-electron chi connectivity index (χ0n) is 22.8. The number of fused-ring (bicyclic) bond motifs is 3. The maximum Gasteiger partial charge on any atom is 0.337 e. The molecule has 10 heteroatoms. The molecule has 0 unspecified atom stereocenters. The van der Waals surface area contributed by atoms with Gasteiger partial charge >= 0.3 is 5.97 Å². The number of amides is 2. The fraction of sp³-hybridized carbons (Fsp3) is 0.344. The molecule has 216 valence electrons. The summed E-state index contributed by atoms with van der Waals surface area (Å²) in [7, 11) is 1.31. The van der Waals surface area contributed by atoms with Crippen LogP contribution in [0.5, 0.6) is 0 Å². The fourth-order valence-electron chi connectivity index (χ4n) is 7.39. The first-order valence-electron chi connectivity index (χ1n) is 14.1. The summed E-state index contributed by atoms with van der Waals surface area (Å²) < 4.78 is 20.9. The molecule has 4 aliphatic rings. The number of benzene rings is 3. The number of likely N-dealkylation sites (tertiary alicyclic amines) is 1. The molecule has 4 atom stereocenters. The number of methoxy groups -OCH3 is 1. The van der Waals surface area contributed by atoms with Crippen LogP contribution in [0.25, 0.3) is 0 Å². The lowest BCUT2D eigenvalue weighted by Gasteiger charge is -2.40. The summed E-state index contributed by atoms with van der Waals surface area (Å²) in [5, 5.41) is 3.44. The van der Waals surface area contributed by atoms with E-state index in [1.54, 1.807) is 53.4 Å². The van der Waals surface area contributed by atoms with Gasteiger partial charge in [0.25, 0.3) is 0 Å². The quantitative estimate of drug-likeness (QED) is 0.360. The van der Waals surface area contributed by atoms with Crippen LogP contribution in [0.2, 0.25) is 10.0 Å². The average Bonchev–Trinajstić information content (AvgIpc) is 3.70. The maximum atomic E-state index is 16.0. The third-order valence-corrected chi connectivity index (χ3v) is 9.86. The Morgan fingerprint density at radius 1 is 1.07 bits per heavy atom. The largest absolute Gasteiger partial charge is 0.465 e. The lowest BCUT2D eigenvalue weighted by atomic mass is 9.70. The summed E-state index contributed by atoms with van der Waals surface area (Å²) in [5.74, 6) is -2.78. The molecule has 1 spiro atoms. The van der Waals surface area contributed by atoms with Gasteiger partial charge in [0.05, 0.1) is 23.6 Å². The van der Waals surface area contributed by atoms with E-state index >= 15 is 4.39 Å². The van der Waals surface area contributed by atoms with Gasteiger partial charge in [-0.1, -0.05) is 41.4 Å². The lowest BCUT2D eigenvalue weighted by Crippen LogP contribution is -2.54. The van der Waals surface area contributed by atoms with Crippen LogP contribution in [0.15, 0.2) is 60.7 Å². The molecule has 1 aliphatic carbocycles. The molecule has 0 radical (unpaired) electrons. The predicted molar refractivity (Wildman–Crippen MR) is 157 cm³/mol. The van der Waals surface area contributed by atoms with Gasteiger partial charge in [0, 0.05) is 47.0 Å². The van der Waals surface area contributed by atoms with E-state index in [4.69, 9.17) is 27.9 Å². The van der Waals surface area contributed by atoms with Gasteiger partial charge in [0.2, 0.25) is 11.8 Å². The molecule has 2 amide bonds. The lowest BCUT2D eigenvalue weighted by molar-refractivity contribution is -0.128. The number of halogens is 3. The predicted octanol–water partition coefficient (Wildman–Crippen LogP) is 6.00. The molecule has 3 aromatic carbocycles. The van der Waals surface area contributed by atoms with E-state index in [1.165, 1.54) is 13.2 Å². The first-order valence-corrected chi connectivity index (χ1v) is 14.8. The highest BCUT2D eigenvalue weighted by atomic mass is 35.5. The van der Waals surface area contributed by atoms with Crippen molar-refractivity contribution in [3.63, 3.8) is 0 Å². The molecule has 1 N–H and O–H groups in total. The van der Waals surface area contributed by atoms with Crippen LogP contribution in [0, 0.1) is 17.7 Å².